The lowest BCUT2D eigenvalue weighted by Gasteiger charge is -1.85. The maximum atomic E-state index is 5.67. The smallest absolute Gasteiger partial charge is 0.0975 e. The highest BCUT2D eigenvalue weighted by Crippen LogP contribution is 2.40. The van der Waals surface area contributed by atoms with Crippen LogP contribution in [-0.4, -0.2) is 11.0 Å². The van der Waals surface area contributed by atoms with Gasteiger partial charge in [0.25, 0.3) is 0 Å². The monoisotopic (exact) mass is 154 g/mol. The fourth-order valence-electron chi connectivity index (χ4n) is 1.04. The van der Waals surface area contributed by atoms with Gasteiger partial charge >= 0.3 is 0 Å². The molecule has 0 aromatic carbocycles. The lowest BCUT2D eigenvalue weighted by molar-refractivity contribution is 0.967. The Kier molecular flexibility index (Phi) is 1.28. The van der Waals surface area contributed by atoms with Crippen LogP contribution >= 0.6 is 11.3 Å². The predicted molar refractivity (Wildman–Crippen MR) is 42.2 cm³/mol. The van der Waals surface area contributed by atoms with Gasteiger partial charge in [0.1, 0.15) is 0 Å². The number of aromatic nitrogens is 1. The summed E-state index contributed by atoms with van der Waals surface area (Å²) < 4.78 is 0. The molecule has 2 rings (SSSR count). The number of nitrogens with two attached hydrogens (primary N) is 1. The highest BCUT2D eigenvalue weighted by Gasteiger charge is 2.36. The Labute approximate surface area is 64.1 Å². The molecule has 2 N–H and O–H groups in total. The molecule has 1 aromatic rings. The highest BCUT2D eigenvalue weighted by atomic mass is 32.1. The summed E-state index contributed by atoms with van der Waals surface area (Å²) in [6.45, 7) is 2.02. The number of aryl methyl sites for hydroxylation is 1. The van der Waals surface area contributed by atoms with Gasteiger partial charge in [-0.2, -0.15) is 0 Å². The van der Waals surface area contributed by atoms with Gasteiger partial charge in [0.05, 0.1) is 5.01 Å². The van der Waals surface area contributed by atoms with Gasteiger partial charge in [-0.15, -0.1) is 11.3 Å². The zero-order valence-electron chi connectivity index (χ0n) is 5.87. The van der Waals surface area contributed by atoms with E-state index in [4.69, 9.17) is 5.73 Å². The molecule has 1 saturated carbocycles. The normalized spacial score (nSPS) is 30.6. The van der Waals surface area contributed by atoms with Crippen molar-refractivity contribution in [1.82, 2.24) is 4.98 Å². The molecular formula is C7H10N2S. The quantitative estimate of drug-likeness (QED) is 0.661. The lowest BCUT2D eigenvalue weighted by Crippen LogP contribution is -2.00. The molecule has 0 amide bonds. The van der Waals surface area contributed by atoms with Gasteiger partial charge in [-0.25, -0.2) is 4.98 Å². The summed E-state index contributed by atoms with van der Waals surface area (Å²) in [5.41, 5.74) is 6.80. The van der Waals surface area contributed by atoms with Crippen molar-refractivity contribution in [2.45, 2.75) is 25.3 Å². The number of hydrogen-bond donors (Lipinski definition) is 1. The minimum absolute atomic E-state index is 0.394. The summed E-state index contributed by atoms with van der Waals surface area (Å²) in [4.78, 5) is 4.36. The Hall–Kier alpha value is -0.410. The molecule has 1 aliphatic rings. The van der Waals surface area contributed by atoms with E-state index in [9.17, 15) is 0 Å². The molecule has 1 fully saturated rings. The van der Waals surface area contributed by atoms with Crippen LogP contribution in [0.4, 0.5) is 0 Å². The third-order valence-electron chi connectivity index (χ3n) is 1.79. The van der Waals surface area contributed by atoms with E-state index >= 15 is 0 Å². The Morgan fingerprint density at radius 1 is 1.80 bits per heavy atom. The van der Waals surface area contributed by atoms with Crippen molar-refractivity contribution in [1.29, 1.82) is 0 Å². The van der Waals surface area contributed by atoms with E-state index in [2.05, 4.69) is 10.4 Å². The topological polar surface area (TPSA) is 38.9 Å². The largest absolute Gasteiger partial charge is 0.327 e. The van der Waals surface area contributed by atoms with E-state index in [1.807, 2.05) is 6.92 Å². The van der Waals surface area contributed by atoms with Gasteiger partial charge in [0.15, 0.2) is 0 Å². The molecule has 0 saturated heterocycles. The highest BCUT2D eigenvalue weighted by molar-refractivity contribution is 7.09. The first-order valence-electron chi connectivity index (χ1n) is 3.45. The van der Waals surface area contributed by atoms with Crippen molar-refractivity contribution in [3.63, 3.8) is 0 Å². The van der Waals surface area contributed by atoms with Gasteiger partial charge in [0.2, 0.25) is 0 Å². The van der Waals surface area contributed by atoms with Gasteiger partial charge in [-0.05, 0) is 13.3 Å². The molecular weight excluding hydrogens is 144 g/mol. The first-order chi connectivity index (χ1) is 4.77. The Morgan fingerprint density at radius 3 is 2.90 bits per heavy atom. The molecule has 2 nitrogen and oxygen atoms in total. The van der Waals surface area contributed by atoms with Crippen LogP contribution in [-0.2, 0) is 0 Å². The van der Waals surface area contributed by atoms with Crippen LogP contribution in [0.25, 0.3) is 0 Å². The van der Waals surface area contributed by atoms with Crippen LogP contribution in [0.3, 0.4) is 0 Å². The van der Waals surface area contributed by atoms with Crippen LogP contribution in [0.15, 0.2) is 5.38 Å². The van der Waals surface area contributed by atoms with E-state index in [1.165, 1.54) is 5.01 Å². The molecule has 54 valence electrons. The average Bonchev–Trinajstić information content (AvgIpc) is 2.42. The Bertz CT molecular complexity index is 244. The van der Waals surface area contributed by atoms with Crippen molar-refractivity contribution < 1.29 is 0 Å². The maximum absolute atomic E-state index is 5.67. The minimum Gasteiger partial charge on any atom is -0.327 e. The standard InChI is InChI=1S/C7H10N2S/c1-4-3-10-7(9-4)5-2-6(5)8/h3,5-6H,2,8H2,1H3/t5-,6-/m0/s1. The zero-order chi connectivity index (χ0) is 7.14. The van der Waals surface area contributed by atoms with Crippen LogP contribution < -0.4 is 5.73 Å². The Morgan fingerprint density at radius 2 is 2.50 bits per heavy atom. The minimum atomic E-state index is 0.394. The van der Waals surface area contributed by atoms with E-state index in [1.54, 1.807) is 11.3 Å². The van der Waals surface area contributed by atoms with E-state index in [0.717, 1.165) is 12.1 Å². The first kappa shape index (κ1) is 6.31. The lowest BCUT2D eigenvalue weighted by atomic mass is 10.4. The summed E-state index contributed by atoms with van der Waals surface area (Å²) in [5.74, 6) is 0.582. The molecule has 10 heavy (non-hydrogen) atoms. The second kappa shape index (κ2) is 2.04. The second-order valence-electron chi connectivity index (χ2n) is 2.83. The number of rotatable bonds is 1. The molecule has 0 bridgehead atoms. The molecule has 0 unspecified atom stereocenters. The maximum Gasteiger partial charge on any atom is 0.0975 e. The third kappa shape index (κ3) is 0.954. The molecule has 0 aliphatic heterocycles. The zero-order valence-corrected chi connectivity index (χ0v) is 6.69. The van der Waals surface area contributed by atoms with Crippen molar-refractivity contribution in [2.24, 2.45) is 5.73 Å². The van der Waals surface area contributed by atoms with Gasteiger partial charge < -0.3 is 5.73 Å². The fraction of sp³-hybridized carbons (Fsp3) is 0.571. The number of thiazole rings is 1. The van der Waals surface area contributed by atoms with E-state index < -0.39 is 0 Å². The number of nitrogens with zero attached hydrogens (tertiary/aromatic N) is 1. The van der Waals surface area contributed by atoms with Crippen molar-refractivity contribution >= 4 is 11.3 Å². The van der Waals surface area contributed by atoms with E-state index in [-0.39, 0.29) is 0 Å². The molecule has 1 heterocycles. The Balaban J connectivity index is 2.20. The van der Waals surface area contributed by atoms with Crippen LogP contribution in [0.5, 0.6) is 0 Å². The van der Waals surface area contributed by atoms with Gasteiger partial charge in [-0.3, -0.25) is 0 Å². The summed E-state index contributed by atoms with van der Waals surface area (Å²) in [7, 11) is 0. The van der Waals surface area contributed by atoms with Gasteiger partial charge in [0, 0.05) is 23.0 Å². The van der Waals surface area contributed by atoms with Crippen LogP contribution in [0.1, 0.15) is 23.0 Å². The molecule has 2 atom stereocenters. The molecule has 1 aromatic heterocycles. The average molecular weight is 154 g/mol. The molecule has 0 spiro atoms. The summed E-state index contributed by atoms with van der Waals surface area (Å²) >= 11 is 1.73. The van der Waals surface area contributed by atoms with Crippen LogP contribution in [0, 0.1) is 6.92 Å². The molecule has 3 heteroatoms. The predicted octanol–water partition coefficient (Wildman–Crippen LogP) is 1.27. The third-order valence-corrected chi connectivity index (χ3v) is 2.89. The fourth-order valence-corrected chi connectivity index (χ4v) is 2.03. The second-order valence-corrected chi connectivity index (χ2v) is 3.72. The van der Waals surface area contributed by atoms with Crippen molar-refractivity contribution in [2.75, 3.05) is 0 Å². The van der Waals surface area contributed by atoms with Crippen molar-refractivity contribution in [3.05, 3.63) is 16.1 Å². The van der Waals surface area contributed by atoms with Crippen LogP contribution in [0.2, 0.25) is 0 Å². The summed E-state index contributed by atoms with van der Waals surface area (Å²) in [5, 5.41) is 3.31. The summed E-state index contributed by atoms with van der Waals surface area (Å²) in [6, 6.07) is 0.394. The SMILES string of the molecule is Cc1csc([C@H]2C[C@@H]2N)n1. The van der Waals surface area contributed by atoms with E-state index in [0.29, 0.717) is 12.0 Å². The number of hydrogen-bond acceptors (Lipinski definition) is 3. The van der Waals surface area contributed by atoms with Gasteiger partial charge in [-0.1, -0.05) is 0 Å². The van der Waals surface area contributed by atoms with Crippen molar-refractivity contribution in [3.8, 4) is 0 Å². The first-order valence-corrected chi connectivity index (χ1v) is 4.33. The summed E-state index contributed by atoms with van der Waals surface area (Å²) in [6.07, 6.45) is 1.13. The molecule has 1 aliphatic carbocycles. The molecule has 0 radical (unpaired) electrons.